The topological polar surface area (TPSA) is 212 Å². The molecule has 0 saturated carbocycles. The van der Waals surface area contributed by atoms with Crippen molar-refractivity contribution in [3.63, 3.8) is 0 Å². The minimum absolute atomic E-state index is 0.0527. The van der Waals surface area contributed by atoms with E-state index in [9.17, 15) is 24.6 Å². The number of hydrogen-bond acceptors (Lipinski definition) is 18. The number of benzene rings is 6. The standard InChI is InChI=1S/C63H68O18/c1-69-48-13-10-34(24-51(48)72-4)16-40-31-78-61(66)43(40)19-37-22-46(58(64)54(27-37)75-7)47-23-38(20-44-41(32-79-62(44)67)17-35-11-14-49(70-2)52(25-35)73-5)30-57(77-9)60(47)81-56-29-39(28-55(76-8)59(56)65)21-45-42(33-80-63(45)68)18-36-12-15-50(71-3)53(26-36)74-6/h10-15,22-30,40-45,64-65H,16-21,31-33H2,1-9H3/t40-,41-,42-,43+,44+,45+/m0/s1. The SMILES string of the molecule is COc1ccc(C[C@H]2COC(=O)[C@@H]2Cc2cc(OC)c(O)c(Oc3c(OC)cc(C[C@H]4C(=O)OC[C@@H]4Cc4ccc(OC)c(OC)c4)cc3-c3cc(C[C@H]4C(=O)OC[C@@H]4Cc4ccc(OC)c(OC)c4)cc(OC)c3O)c2)cc1OC. The van der Waals surface area contributed by atoms with Crippen LogP contribution in [-0.2, 0) is 67.1 Å². The molecule has 3 heterocycles. The Bertz CT molecular complexity index is 3280. The number of ether oxygens (including phenoxy) is 13. The molecule has 81 heavy (non-hydrogen) atoms. The molecule has 3 saturated heterocycles. The Hall–Kier alpha value is -8.67. The Morgan fingerprint density at radius 1 is 0.346 bits per heavy atom. The lowest BCUT2D eigenvalue weighted by molar-refractivity contribution is -0.142. The molecule has 0 unspecified atom stereocenters. The summed E-state index contributed by atoms with van der Waals surface area (Å²) >= 11 is 0. The molecule has 0 aromatic heterocycles. The van der Waals surface area contributed by atoms with Gasteiger partial charge in [0.15, 0.2) is 69.0 Å². The van der Waals surface area contributed by atoms with E-state index in [-0.39, 0.29) is 121 Å². The fourth-order valence-electron chi connectivity index (χ4n) is 11.3. The first-order valence-electron chi connectivity index (χ1n) is 26.5. The van der Waals surface area contributed by atoms with Gasteiger partial charge in [0.25, 0.3) is 0 Å². The molecule has 0 spiro atoms. The van der Waals surface area contributed by atoms with Crippen LogP contribution in [0.5, 0.6) is 74.7 Å². The van der Waals surface area contributed by atoms with Crippen molar-refractivity contribution in [3.05, 3.63) is 124 Å². The van der Waals surface area contributed by atoms with Crippen LogP contribution in [0.15, 0.2) is 91.0 Å². The lowest BCUT2D eigenvalue weighted by atomic mass is 9.83. The molecule has 18 nitrogen and oxygen atoms in total. The molecule has 6 atom stereocenters. The fraction of sp³-hybridized carbons (Fsp3) is 0.381. The minimum atomic E-state index is -0.601. The molecule has 3 fully saturated rings. The smallest absolute Gasteiger partial charge is 0.309 e. The van der Waals surface area contributed by atoms with E-state index in [4.69, 9.17) is 61.6 Å². The summed E-state index contributed by atoms with van der Waals surface area (Å²) in [6.45, 7) is 0.582. The first-order valence-corrected chi connectivity index (χ1v) is 26.5. The van der Waals surface area contributed by atoms with Crippen LogP contribution in [0.2, 0.25) is 0 Å². The van der Waals surface area contributed by atoms with Crippen LogP contribution in [0, 0.1) is 35.5 Å². The van der Waals surface area contributed by atoms with E-state index in [2.05, 4.69) is 0 Å². The summed E-state index contributed by atoms with van der Waals surface area (Å²) in [5.74, 6) is -0.363. The molecule has 0 bridgehead atoms. The largest absolute Gasteiger partial charge is 0.504 e. The Morgan fingerprint density at radius 2 is 0.654 bits per heavy atom. The van der Waals surface area contributed by atoms with Gasteiger partial charge in [-0.25, -0.2) is 0 Å². The number of carbonyl (C=O) groups is 3. The Balaban J connectivity index is 1.10. The number of phenols is 2. The third-order valence-electron chi connectivity index (χ3n) is 15.6. The molecule has 0 aliphatic carbocycles. The van der Waals surface area contributed by atoms with Gasteiger partial charge in [-0.05, 0) is 145 Å². The molecule has 428 valence electrons. The highest BCUT2D eigenvalue weighted by molar-refractivity contribution is 5.83. The van der Waals surface area contributed by atoms with E-state index in [0.29, 0.717) is 76.0 Å². The predicted octanol–water partition coefficient (Wildman–Crippen LogP) is 9.36. The second-order valence-electron chi connectivity index (χ2n) is 20.4. The average molecular weight is 1110 g/mol. The summed E-state index contributed by atoms with van der Waals surface area (Å²) in [6.07, 6.45) is 2.09. The third kappa shape index (κ3) is 12.2. The number of cyclic esters (lactones) is 3. The Labute approximate surface area is 470 Å². The molecular weight excluding hydrogens is 1040 g/mol. The van der Waals surface area contributed by atoms with E-state index in [0.717, 1.165) is 16.7 Å². The minimum Gasteiger partial charge on any atom is -0.504 e. The normalized spacial score (nSPS) is 19.3. The van der Waals surface area contributed by atoms with Gasteiger partial charge in [-0.3, -0.25) is 14.4 Å². The first kappa shape index (κ1) is 57.0. The van der Waals surface area contributed by atoms with Crippen molar-refractivity contribution in [2.45, 2.75) is 38.5 Å². The van der Waals surface area contributed by atoms with Crippen LogP contribution in [-0.4, -0.2) is 112 Å². The molecule has 6 aromatic rings. The van der Waals surface area contributed by atoms with Gasteiger partial charge in [0.2, 0.25) is 5.75 Å². The van der Waals surface area contributed by atoms with Crippen LogP contribution in [0.25, 0.3) is 11.1 Å². The quantitative estimate of drug-likeness (QED) is 0.0427. The molecule has 18 heteroatoms. The van der Waals surface area contributed by atoms with Gasteiger partial charge >= 0.3 is 17.9 Å². The van der Waals surface area contributed by atoms with Gasteiger partial charge in [-0.2, -0.15) is 0 Å². The average Bonchev–Trinajstić information content (AvgIpc) is 4.28. The highest BCUT2D eigenvalue weighted by Crippen LogP contribution is 2.51. The second kappa shape index (κ2) is 25.2. The van der Waals surface area contributed by atoms with Gasteiger partial charge in [0.05, 0.1) is 102 Å². The molecule has 3 aliphatic heterocycles. The van der Waals surface area contributed by atoms with Crippen molar-refractivity contribution >= 4 is 17.9 Å². The lowest BCUT2D eigenvalue weighted by Gasteiger charge is -2.22. The van der Waals surface area contributed by atoms with E-state index in [1.807, 2.05) is 54.6 Å². The van der Waals surface area contributed by atoms with E-state index in [1.54, 1.807) is 79.1 Å². The fourth-order valence-corrected chi connectivity index (χ4v) is 11.3. The monoisotopic (exact) mass is 1110 g/mol. The number of rotatable bonds is 24. The summed E-state index contributed by atoms with van der Waals surface area (Å²) in [6, 6.07) is 27.2. The summed E-state index contributed by atoms with van der Waals surface area (Å²) in [7, 11) is 13.7. The summed E-state index contributed by atoms with van der Waals surface area (Å²) in [5, 5.41) is 24.2. The molecule has 9 rings (SSSR count). The van der Waals surface area contributed by atoms with Crippen LogP contribution >= 0.6 is 0 Å². The van der Waals surface area contributed by atoms with Crippen LogP contribution in [0.3, 0.4) is 0 Å². The first-order chi connectivity index (χ1) is 39.2. The van der Waals surface area contributed by atoms with Gasteiger partial charge in [-0.1, -0.05) is 18.2 Å². The zero-order valence-electron chi connectivity index (χ0n) is 46.9. The number of methoxy groups -OCH3 is 9. The van der Waals surface area contributed by atoms with Crippen LogP contribution < -0.4 is 47.4 Å². The highest BCUT2D eigenvalue weighted by Gasteiger charge is 2.40. The van der Waals surface area contributed by atoms with Crippen molar-refractivity contribution in [1.82, 2.24) is 0 Å². The molecule has 0 radical (unpaired) electrons. The molecule has 6 aromatic carbocycles. The van der Waals surface area contributed by atoms with Crippen molar-refractivity contribution in [2.75, 3.05) is 83.8 Å². The third-order valence-corrected chi connectivity index (χ3v) is 15.6. The number of esters is 3. The number of phenolic OH excluding ortho intramolecular Hbond substituents is 2. The predicted molar refractivity (Wildman–Crippen MR) is 296 cm³/mol. The Morgan fingerprint density at radius 3 is 1.02 bits per heavy atom. The molecular formula is C63H68O18. The van der Waals surface area contributed by atoms with Crippen LogP contribution in [0.1, 0.15) is 33.4 Å². The van der Waals surface area contributed by atoms with Gasteiger partial charge in [0.1, 0.15) is 0 Å². The zero-order chi connectivity index (χ0) is 57.5. The maximum absolute atomic E-state index is 13.7. The van der Waals surface area contributed by atoms with E-state index >= 15 is 0 Å². The number of aromatic hydroxyl groups is 2. The van der Waals surface area contributed by atoms with Crippen molar-refractivity contribution in [3.8, 4) is 85.9 Å². The van der Waals surface area contributed by atoms with Crippen molar-refractivity contribution < 1.29 is 86.2 Å². The zero-order valence-corrected chi connectivity index (χ0v) is 46.9. The van der Waals surface area contributed by atoms with Gasteiger partial charge in [-0.15, -0.1) is 0 Å². The summed E-state index contributed by atoms with van der Waals surface area (Å²) in [5.41, 5.74) is 5.14. The van der Waals surface area contributed by atoms with Gasteiger partial charge in [0, 0.05) is 28.9 Å². The second-order valence-corrected chi connectivity index (χ2v) is 20.4. The van der Waals surface area contributed by atoms with Crippen molar-refractivity contribution in [2.24, 2.45) is 35.5 Å². The van der Waals surface area contributed by atoms with Crippen molar-refractivity contribution in [1.29, 1.82) is 0 Å². The summed E-state index contributed by atoms with van der Waals surface area (Å²) in [4.78, 5) is 40.9. The lowest BCUT2D eigenvalue weighted by Crippen LogP contribution is -2.21. The molecule has 0 amide bonds. The van der Waals surface area contributed by atoms with Gasteiger partial charge < -0.3 is 71.8 Å². The summed E-state index contributed by atoms with van der Waals surface area (Å²) < 4.78 is 74.7. The Kier molecular flexibility index (Phi) is 17.7. The maximum atomic E-state index is 13.7. The van der Waals surface area contributed by atoms with E-state index in [1.165, 1.54) is 21.3 Å². The number of carbonyl (C=O) groups excluding carboxylic acids is 3. The molecule has 3 aliphatic rings. The molecule has 2 N–H and O–H groups in total. The number of hydrogen-bond donors (Lipinski definition) is 2. The van der Waals surface area contributed by atoms with Crippen LogP contribution in [0.4, 0.5) is 0 Å². The highest BCUT2D eigenvalue weighted by atomic mass is 16.6. The van der Waals surface area contributed by atoms with E-state index < -0.39 is 17.8 Å². The maximum Gasteiger partial charge on any atom is 0.309 e.